The van der Waals surface area contributed by atoms with E-state index in [-0.39, 0.29) is 13.2 Å². The number of ether oxygens (including phenoxy) is 2. The zero-order chi connectivity index (χ0) is 25.3. The molecule has 0 aliphatic carbocycles. The van der Waals surface area contributed by atoms with E-state index in [9.17, 15) is 10.1 Å². The number of benzene rings is 2. The van der Waals surface area contributed by atoms with Gasteiger partial charge in [0.05, 0.1) is 54.7 Å². The van der Waals surface area contributed by atoms with Gasteiger partial charge >= 0.3 is 6.03 Å². The Morgan fingerprint density at radius 3 is 2.58 bits per heavy atom. The Labute approximate surface area is 208 Å². The zero-order valence-corrected chi connectivity index (χ0v) is 19.7. The van der Waals surface area contributed by atoms with Crippen LogP contribution in [0.15, 0.2) is 67.0 Å². The summed E-state index contributed by atoms with van der Waals surface area (Å²) in [4.78, 5) is 12.3. The second-order valence-electron chi connectivity index (χ2n) is 7.79. The fraction of sp³-hybridized carbons (Fsp3) is 0.192. The van der Waals surface area contributed by atoms with Crippen molar-refractivity contribution in [2.75, 3.05) is 37.0 Å². The van der Waals surface area contributed by atoms with E-state index in [0.717, 1.165) is 17.0 Å². The highest BCUT2D eigenvalue weighted by molar-refractivity contribution is 5.94. The molecule has 4 aromatic rings. The van der Waals surface area contributed by atoms with Gasteiger partial charge in [0, 0.05) is 17.8 Å². The molecule has 10 heteroatoms. The van der Waals surface area contributed by atoms with Crippen molar-refractivity contribution in [2.24, 2.45) is 0 Å². The summed E-state index contributed by atoms with van der Waals surface area (Å²) < 4.78 is 12.6. The number of hydrogen-bond donors (Lipinski definition) is 4. The molecule has 4 rings (SSSR count). The lowest BCUT2D eigenvalue weighted by molar-refractivity contribution is 0.0950. The van der Waals surface area contributed by atoms with E-state index in [0.29, 0.717) is 41.4 Å². The lowest BCUT2D eigenvalue weighted by Gasteiger charge is -2.12. The van der Waals surface area contributed by atoms with Crippen LogP contribution in [-0.4, -0.2) is 47.1 Å². The molecule has 2 heterocycles. The molecule has 2 aromatic carbocycles. The summed E-state index contributed by atoms with van der Waals surface area (Å²) >= 11 is 0. The minimum atomic E-state index is -0.398. The normalized spacial score (nSPS) is 10.6. The molecule has 0 spiro atoms. The van der Waals surface area contributed by atoms with Crippen LogP contribution in [0, 0.1) is 18.3 Å². The Morgan fingerprint density at radius 2 is 1.86 bits per heavy atom. The molecule has 0 saturated carbocycles. The number of rotatable bonds is 10. The number of para-hydroxylation sites is 1. The summed E-state index contributed by atoms with van der Waals surface area (Å²) in [6, 6.07) is 18.7. The third-order valence-corrected chi connectivity index (χ3v) is 5.30. The molecular formula is C26H26N6O4. The maximum atomic E-state index is 12.3. The predicted molar refractivity (Wildman–Crippen MR) is 136 cm³/mol. The minimum Gasteiger partial charge on any atom is -0.457 e. The van der Waals surface area contributed by atoms with Gasteiger partial charge in [0.2, 0.25) is 0 Å². The monoisotopic (exact) mass is 486 g/mol. The number of aromatic nitrogens is 2. The summed E-state index contributed by atoms with van der Waals surface area (Å²) in [5.74, 6) is 1.43. The van der Waals surface area contributed by atoms with Crippen LogP contribution in [0.1, 0.15) is 11.1 Å². The predicted octanol–water partition coefficient (Wildman–Crippen LogP) is 4.18. The molecule has 0 unspecified atom stereocenters. The molecule has 0 aliphatic rings. The molecule has 36 heavy (non-hydrogen) atoms. The average Bonchev–Trinajstić information content (AvgIpc) is 3.21. The van der Waals surface area contributed by atoms with Crippen LogP contribution in [0.4, 0.5) is 21.9 Å². The van der Waals surface area contributed by atoms with Crippen LogP contribution in [0.5, 0.6) is 11.5 Å². The van der Waals surface area contributed by atoms with Crippen molar-refractivity contribution < 1.29 is 19.4 Å². The molecule has 0 fully saturated rings. The van der Waals surface area contributed by atoms with Gasteiger partial charge in [-0.1, -0.05) is 18.2 Å². The van der Waals surface area contributed by atoms with Crippen molar-refractivity contribution in [1.29, 1.82) is 5.26 Å². The summed E-state index contributed by atoms with van der Waals surface area (Å²) in [6.45, 7) is 2.59. The number of aliphatic hydroxyl groups is 1. The quantitative estimate of drug-likeness (QED) is 0.247. The number of nitrogens with one attached hydrogen (secondary N) is 3. The number of carbonyl (C=O) groups is 1. The first-order valence-corrected chi connectivity index (χ1v) is 11.3. The molecule has 2 amide bonds. The highest BCUT2D eigenvalue weighted by Crippen LogP contribution is 2.33. The highest BCUT2D eigenvalue weighted by atomic mass is 16.5. The average molecular weight is 487 g/mol. The van der Waals surface area contributed by atoms with Crippen molar-refractivity contribution in [2.45, 2.75) is 6.92 Å². The van der Waals surface area contributed by atoms with Crippen molar-refractivity contribution in [1.82, 2.24) is 14.9 Å². The van der Waals surface area contributed by atoms with Crippen LogP contribution in [0.25, 0.3) is 5.52 Å². The largest absolute Gasteiger partial charge is 0.457 e. The molecule has 0 atom stereocenters. The number of aryl methyl sites for hydroxylation is 1. The second-order valence-corrected chi connectivity index (χ2v) is 7.79. The zero-order valence-electron chi connectivity index (χ0n) is 19.7. The van der Waals surface area contributed by atoms with Crippen LogP contribution in [-0.2, 0) is 4.74 Å². The number of amides is 2. The van der Waals surface area contributed by atoms with Gasteiger partial charge in [-0.15, -0.1) is 0 Å². The lowest BCUT2D eigenvalue weighted by Crippen LogP contribution is -2.31. The maximum absolute atomic E-state index is 12.3. The van der Waals surface area contributed by atoms with Gasteiger partial charge < -0.3 is 30.5 Å². The van der Waals surface area contributed by atoms with Crippen LogP contribution < -0.4 is 20.7 Å². The number of urea groups is 1. The molecule has 0 aliphatic heterocycles. The first kappa shape index (κ1) is 24.5. The molecule has 2 aromatic heterocycles. The Balaban J connectivity index is 1.51. The number of aliphatic hydroxyl groups excluding tert-OH is 1. The Bertz CT molecular complexity index is 1360. The van der Waals surface area contributed by atoms with Gasteiger partial charge in [-0.3, -0.25) is 0 Å². The van der Waals surface area contributed by atoms with Gasteiger partial charge in [-0.25, -0.2) is 9.31 Å². The molecule has 184 valence electrons. The van der Waals surface area contributed by atoms with Gasteiger partial charge in [0.25, 0.3) is 0 Å². The van der Waals surface area contributed by atoms with Gasteiger partial charge in [0.1, 0.15) is 17.6 Å². The molecule has 0 saturated heterocycles. The highest BCUT2D eigenvalue weighted by Gasteiger charge is 2.17. The second kappa shape index (κ2) is 11.7. The van der Waals surface area contributed by atoms with Crippen molar-refractivity contribution >= 4 is 28.6 Å². The Hall–Kier alpha value is -4.59. The minimum absolute atomic E-state index is 0.0671. The van der Waals surface area contributed by atoms with Crippen molar-refractivity contribution in [3.63, 3.8) is 0 Å². The summed E-state index contributed by atoms with van der Waals surface area (Å²) in [5, 5.41) is 31.6. The summed E-state index contributed by atoms with van der Waals surface area (Å²) in [7, 11) is 0. The number of anilines is 3. The number of fused-ring (bicyclic) bond motifs is 1. The van der Waals surface area contributed by atoms with E-state index in [2.05, 4.69) is 27.1 Å². The third-order valence-electron chi connectivity index (χ3n) is 5.30. The first-order chi connectivity index (χ1) is 17.6. The summed E-state index contributed by atoms with van der Waals surface area (Å²) in [5.41, 5.74) is 3.67. The number of hydrogen-bond acceptors (Lipinski definition) is 7. The van der Waals surface area contributed by atoms with E-state index in [4.69, 9.17) is 14.6 Å². The molecule has 10 nitrogen and oxygen atoms in total. The van der Waals surface area contributed by atoms with Crippen molar-refractivity contribution in [3.05, 3.63) is 78.1 Å². The van der Waals surface area contributed by atoms with E-state index in [1.54, 1.807) is 10.7 Å². The number of carbonyl (C=O) groups excluding carboxylic acids is 1. The number of nitriles is 1. The molecule has 4 N–H and O–H groups in total. The smallest absolute Gasteiger partial charge is 0.319 e. The SMILES string of the molecule is Cc1c(NC(=O)NCCOCCO)cn2ncc(C#N)c(Nc3ccc(Oc4ccccc4)cc3)c12. The molecule has 0 radical (unpaired) electrons. The van der Waals surface area contributed by atoms with E-state index < -0.39 is 6.03 Å². The van der Waals surface area contributed by atoms with E-state index in [1.807, 2.05) is 61.5 Å². The fourth-order valence-electron chi connectivity index (χ4n) is 3.57. The molecular weight excluding hydrogens is 460 g/mol. The first-order valence-electron chi connectivity index (χ1n) is 11.3. The topological polar surface area (TPSA) is 133 Å². The lowest BCUT2D eigenvalue weighted by atomic mass is 10.1. The van der Waals surface area contributed by atoms with Gasteiger partial charge in [-0.05, 0) is 43.3 Å². The summed E-state index contributed by atoms with van der Waals surface area (Å²) in [6.07, 6.45) is 3.17. The standard InChI is InChI=1S/C26H26N6O4/c1-18-23(31-26(34)28-11-13-35-14-12-33)17-32-25(18)24(19(15-27)16-29-32)30-20-7-9-22(10-8-20)36-21-5-3-2-4-6-21/h2-10,16-17,30,33H,11-14H2,1H3,(H2,28,31,34). The van der Waals surface area contributed by atoms with Crippen LogP contribution >= 0.6 is 0 Å². The third kappa shape index (κ3) is 5.90. The Kier molecular flexibility index (Phi) is 7.97. The van der Waals surface area contributed by atoms with E-state index in [1.165, 1.54) is 6.20 Å². The fourth-order valence-corrected chi connectivity index (χ4v) is 3.57. The van der Waals surface area contributed by atoms with Crippen molar-refractivity contribution in [3.8, 4) is 17.6 Å². The van der Waals surface area contributed by atoms with E-state index >= 15 is 0 Å². The van der Waals surface area contributed by atoms with Crippen LogP contribution in [0.2, 0.25) is 0 Å². The maximum Gasteiger partial charge on any atom is 0.319 e. The van der Waals surface area contributed by atoms with Crippen LogP contribution in [0.3, 0.4) is 0 Å². The number of nitrogens with zero attached hydrogens (tertiary/aromatic N) is 3. The Morgan fingerprint density at radius 1 is 1.11 bits per heavy atom. The van der Waals surface area contributed by atoms with Gasteiger partial charge in [-0.2, -0.15) is 10.4 Å². The molecule has 0 bridgehead atoms. The van der Waals surface area contributed by atoms with Gasteiger partial charge in [0.15, 0.2) is 0 Å².